The number of thiazole rings is 1. The van der Waals surface area contributed by atoms with Crippen LogP contribution in [-0.2, 0) is 4.79 Å². The van der Waals surface area contributed by atoms with Crippen LogP contribution in [0.15, 0.2) is 78.3 Å². The normalized spacial score (nSPS) is 11.9. The van der Waals surface area contributed by atoms with E-state index in [0.717, 1.165) is 33.3 Å². The van der Waals surface area contributed by atoms with Crippen molar-refractivity contribution in [2.45, 2.75) is 32.8 Å². The Morgan fingerprint density at radius 3 is 2.56 bits per heavy atom. The Hall–Kier alpha value is -3.51. The lowest BCUT2D eigenvalue weighted by atomic mass is 10.0. The Morgan fingerprint density at radius 2 is 1.78 bits per heavy atom. The van der Waals surface area contributed by atoms with Crippen molar-refractivity contribution in [2.24, 2.45) is 0 Å². The highest BCUT2D eigenvalue weighted by molar-refractivity contribution is 7.13. The first-order chi connectivity index (χ1) is 15.5. The summed E-state index contributed by atoms with van der Waals surface area (Å²) in [4.78, 5) is 21.8. The van der Waals surface area contributed by atoms with E-state index in [4.69, 9.17) is 9.72 Å². The summed E-state index contributed by atoms with van der Waals surface area (Å²) in [6.45, 7) is 5.97. The number of nitrogens with zero attached hydrogens (tertiary/aromatic N) is 2. The van der Waals surface area contributed by atoms with Crippen LogP contribution in [-0.4, -0.2) is 22.0 Å². The fraction of sp³-hybridized carbons (Fsp3) is 0.192. The lowest BCUT2D eigenvalue weighted by molar-refractivity contribution is -0.122. The van der Waals surface area contributed by atoms with Crippen LogP contribution in [0.25, 0.3) is 22.0 Å². The van der Waals surface area contributed by atoms with Gasteiger partial charge in [0.15, 0.2) is 6.10 Å². The summed E-state index contributed by atoms with van der Waals surface area (Å²) in [5.74, 6) is 0.851. The van der Waals surface area contributed by atoms with E-state index in [1.165, 1.54) is 0 Å². The van der Waals surface area contributed by atoms with E-state index in [1.54, 1.807) is 24.5 Å². The molecule has 0 saturated heterocycles. The molecule has 0 fully saturated rings. The molecule has 0 radical (unpaired) electrons. The summed E-state index contributed by atoms with van der Waals surface area (Å²) < 4.78 is 5.98. The molecule has 2 heterocycles. The fourth-order valence-corrected chi connectivity index (χ4v) is 4.13. The number of anilines is 1. The van der Waals surface area contributed by atoms with E-state index in [0.29, 0.717) is 11.6 Å². The Labute approximate surface area is 192 Å². The fourth-order valence-electron chi connectivity index (χ4n) is 3.32. The molecule has 162 valence electrons. The van der Waals surface area contributed by atoms with Crippen LogP contribution in [0.5, 0.6) is 5.75 Å². The van der Waals surface area contributed by atoms with E-state index in [2.05, 4.69) is 24.1 Å². The highest BCUT2D eigenvalue weighted by atomic mass is 32.1. The first-order valence-corrected chi connectivity index (χ1v) is 11.4. The zero-order valence-corrected chi connectivity index (χ0v) is 19.1. The number of hydrogen-bond donors (Lipinski definition) is 1. The molecule has 5 nitrogen and oxygen atoms in total. The quantitative estimate of drug-likeness (QED) is 0.359. The number of hydrogen-bond acceptors (Lipinski definition) is 5. The Kier molecular flexibility index (Phi) is 6.61. The van der Waals surface area contributed by atoms with Crippen LogP contribution < -0.4 is 10.1 Å². The van der Waals surface area contributed by atoms with Crippen molar-refractivity contribution in [1.29, 1.82) is 0 Å². The molecule has 0 saturated carbocycles. The average Bonchev–Trinajstić information content (AvgIpc) is 3.30. The van der Waals surface area contributed by atoms with Gasteiger partial charge in [-0.05, 0) is 48.7 Å². The number of carbonyl (C=O) groups excluding carboxylic acids is 1. The van der Waals surface area contributed by atoms with E-state index < -0.39 is 6.10 Å². The molecule has 6 heteroatoms. The van der Waals surface area contributed by atoms with Crippen LogP contribution in [0.2, 0.25) is 0 Å². The van der Waals surface area contributed by atoms with Crippen LogP contribution >= 0.6 is 11.3 Å². The standard InChI is InChI=1S/C26H25N3O2S/c1-17(2)21-11-4-5-13-24(21)31-18(3)25(30)28-20-10-8-9-19(15-20)23-16-32-26(29-23)22-12-6-7-14-27-22/h4-18H,1-3H3,(H,28,30). The summed E-state index contributed by atoms with van der Waals surface area (Å²) in [5, 5.41) is 5.82. The molecule has 1 N–H and O–H groups in total. The van der Waals surface area contributed by atoms with E-state index in [9.17, 15) is 4.79 Å². The zero-order chi connectivity index (χ0) is 22.5. The third-order valence-electron chi connectivity index (χ3n) is 5.03. The van der Waals surface area contributed by atoms with Crippen LogP contribution in [0, 0.1) is 0 Å². The van der Waals surface area contributed by atoms with Crippen molar-refractivity contribution in [3.8, 4) is 27.7 Å². The summed E-state index contributed by atoms with van der Waals surface area (Å²) in [5.41, 5.74) is 4.41. The first kappa shape index (κ1) is 21.7. The molecule has 1 unspecified atom stereocenters. The average molecular weight is 444 g/mol. The van der Waals surface area contributed by atoms with Crippen LogP contribution in [0.3, 0.4) is 0 Å². The molecule has 2 aromatic heterocycles. The largest absolute Gasteiger partial charge is 0.481 e. The van der Waals surface area contributed by atoms with Crippen molar-refractivity contribution in [3.63, 3.8) is 0 Å². The number of carbonyl (C=O) groups is 1. The van der Waals surface area contributed by atoms with E-state index in [1.807, 2.05) is 72.1 Å². The van der Waals surface area contributed by atoms with Crippen molar-refractivity contribution >= 4 is 22.9 Å². The lowest BCUT2D eigenvalue weighted by Crippen LogP contribution is -2.30. The van der Waals surface area contributed by atoms with Crippen molar-refractivity contribution in [1.82, 2.24) is 9.97 Å². The van der Waals surface area contributed by atoms with Gasteiger partial charge in [0, 0.05) is 22.8 Å². The smallest absolute Gasteiger partial charge is 0.265 e. The molecule has 2 aromatic carbocycles. The molecule has 0 aliphatic rings. The molecule has 1 atom stereocenters. The maximum Gasteiger partial charge on any atom is 0.265 e. The molecule has 4 aromatic rings. The van der Waals surface area contributed by atoms with Crippen molar-refractivity contribution in [2.75, 3.05) is 5.32 Å². The SMILES string of the molecule is CC(Oc1ccccc1C(C)C)C(=O)Nc1cccc(-c2csc(-c3ccccn3)n2)c1. The van der Waals surface area contributed by atoms with Gasteiger partial charge in [-0.3, -0.25) is 9.78 Å². The number of nitrogens with one attached hydrogen (secondary N) is 1. The lowest BCUT2D eigenvalue weighted by Gasteiger charge is -2.18. The molecule has 0 aliphatic carbocycles. The molecular formula is C26H25N3O2S. The van der Waals surface area contributed by atoms with Gasteiger partial charge in [-0.15, -0.1) is 11.3 Å². The molecule has 0 aliphatic heterocycles. The predicted molar refractivity (Wildman–Crippen MR) is 130 cm³/mol. The molecule has 4 rings (SSSR count). The minimum Gasteiger partial charge on any atom is -0.481 e. The number of para-hydroxylation sites is 1. The second-order valence-electron chi connectivity index (χ2n) is 7.78. The molecule has 1 amide bonds. The van der Waals surface area contributed by atoms with Gasteiger partial charge in [-0.2, -0.15) is 0 Å². The number of rotatable bonds is 7. The van der Waals surface area contributed by atoms with Gasteiger partial charge < -0.3 is 10.1 Å². The summed E-state index contributed by atoms with van der Waals surface area (Å²) >= 11 is 1.55. The molecule has 32 heavy (non-hydrogen) atoms. The van der Waals surface area contributed by atoms with E-state index >= 15 is 0 Å². The summed E-state index contributed by atoms with van der Waals surface area (Å²) in [7, 11) is 0. The predicted octanol–water partition coefficient (Wildman–Crippen LogP) is 6.40. The molecular weight excluding hydrogens is 418 g/mol. The Morgan fingerprint density at radius 1 is 0.969 bits per heavy atom. The monoisotopic (exact) mass is 443 g/mol. The number of aromatic nitrogens is 2. The minimum absolute atomic E-state index is 0.201. The van der Waals surface area contributed by atoms with E-state index in [-0.39, 0.29) is 5.91 Å². The molecule has 0 bridgehead atoms. The van der Waals surface area contributed by atoms with Crippen molar-refractivity contribution in [3.05, 3.63) is 83.9 Å². The van der Waals surface area contributed by atoms with Gasteiger partial charge in [-0.25, -0.2) is 4.98 Å². The molecule has 0 spiro atoms. The third-order valence-corrected chi connectivity index (χ3v) is 5.89. The van der Waals surface area contributed by atoms with Gasteiger partial charge in [0.1, 0.15) is 10.8 Å². The summed E-state index contributed by atoms with van der Waals surface area (Å²) in [6, 6.07) is 21.3. The van der Waals surface area contributed by atoms with Gasteiger partial charge in [0.25, 0.3) is 5.91 Å². The van der Waals surface area contributed by atoms with Crippen molar-refractivity contribution < 1.29 is 9.53 Å². The Balaban J connectivity index is 1.46. The van der Waals surface area contributed by atoms with Gasteiger partial charge in [-0.1, -0.05) is 50.2 Å². The minimum atomic E-state index is -0.631. The third kappa shape index (κ3) is 5.03. The van der Waals surface area contributed by atoms with Gasteiger partial charge in [0.2, 0.25) is 0 Å². The zero-order valence-electron chi connectivity index (χ0n) is 18.3. The van der Waals surface area contributed by atoms with Gasteiger partial charge in [0.05, 0.1) is 11.4 Å². The Bertz CT molecular complexity index is 1200. The van der Waals surface area contributed by atoms with Gasteiger partial charge >= 0.3 is 0 Å². The number of pyridine rings is 1. The maximum absolute atomic E-state index is 12.8. The highest BCUT2D eigenvalue weighted by Gasteiger charge is 2.18. The maximum atomic E-state index is 12.8. The number of amides is 1. The summed E-state index contributed by atoms with van der Waals surface area (Å²) in [6.07, 6.45) is 1.13. The van der Waals surface area contributed by atoms with Crippen LogP contribution in [0.1, 0.15) is 32.3 Å². The number of benzene rings is 2. The topological polar surface area (TPSA) is 64.1 Å². The van der Waals surface area contributed by atoms with Crippen LogP contribution in [0.4, 0.5) is 5.69 Å². The highest BCUT2D eigenvalue weighted by Crippen LogP contribution is 2.29. The second-order valence-corrected chi connectivity index (χ2v) is 8.63. The second kappa shape index (κ2) is 9.75. The first-order valence-electron chi connectivity index (χ1n) is 10.5. The number of ether oxygens (including phenoxy) is 1.